The highest BCUT2D eigenvalue weighted by atomic mass is 35.5. The third-order valence-corrected chi connectivity index (χ3v) is 4.51. The molecule has 1 atom stereocenters. The first-order chi connectivity index (χ1) is 10.6. The Balaban J connectivity index is 1.89. The number of halogens is 2. The van der Waals surface area contributed by atoms with Crippen molar-refractivity contribution in [3.8, 4) is 0 Å². The van der Waals surface area contributed by atoms with Gasteiger partial charge in [-0.2, -0.15) is 5.10 Å². The number of nitrogens with zero attached hydrogens (tertiary/aromatic N) is 2. The van der Waals surface area contributed by atoms with Crippen LogP contribution in [-0.2, 0) is 11.3 Å². The first-order valence-electron chi connectivity index (χ1n) is 7.33. The van der Waals surface area contributed by atoms with Crippen molar-refractivity contribution < 1.29 is 9.13 Å². The topological polar surface area (TPSA) is 41.1 Å². The van der Waals surface area contributed by atoms with Gasteiger partial charge < -0.3 is 4.74 Å². The van der Waals surface area contributed by atoms with E-state index in [2.05, 4.69) is 15.1 Å². The van der Waals surface area contributed by atoms with Gasteiger partial charge in [-0.3, -0.25) is 10.00 Å². The molecule has 0 unspecified atom stereocenters. The van der Waals surface area contributed by atoms with Gasteiger partial charge in [0.15, 0.2) is 0 Å². The predicted octanol–water partition coefficient (Wildman–Crippen LogP) is 3.39. The van der Waals surface area contributed by atoms with Gasteiger partial charge in [-0.05, 0) is 37.6 Å². The highest BCUT2D eigenvalue weighted by Crippen LogP contribution is 2.31. The molecule has 3 rings (SSSR count). The second-order valence-corrected chi connectivity index (χ2v) is 6.05. The smallest absolute Gasteiger partial charge is 0.123 e. The molecule has 6 heteroatoms. The Hall–Kier alpha value is -1.43. The highest BCUT2D eigenvalue weighted by Gasteiger charge is 2.29. The number of hydrogen-bond acceptors (Lipinski definition) is 3. The number of H-pyrrole nitrogens is 1. The standard InChI is InChI=1S/C16H19ClFN3O/c1-10-16(11(2)20-19-10)15-9-22-6-5-21(15)8-12-7-13(18)3-4-14(12)17/h3-4,7,15H,5-6,8-9H2,1-2H3,(H,19,20)/t15-/m0/s1. The van der Waals surface area contributed by atoms with Crippen LogP contribution in [0.4, 0.5) is 4.39 Å². The Morgan fingerprint density at radius 3 is 3.00 bits per heavy atom. The molecule has 2 heterocycles. The third kappa shape index (κ3) is 3.02. The van der Waals surface area contributed by atoms with E-state index in [4.69, 9.17) is 16.3 Å². The molecule has 1 aromatic carbocycles. The van der Waals surface area contributed by atoms with Gasteiger partial charge in [0.2, 0.25) is 0 Å². The van der Waals surface area contributed by atoms with Crippen molar-refractivity contribution >= 4 is 11.6 Å². The van der Waals surface area contributed by atoms with Gasteiger partial charge in [0.1, 0.15) is 5.82 Å². The summed E-state index contributed by atoms with van der Waals surface area (Å²) in [6.45, 7) is 6.64. The molecular formula is C16H19ClFN3O. The van der Waals surface area contributed by atoms with Crippen molar-refractivity contribution in [3.05, 3.63) is 51.6 Å². The zero-order valence-electron chi connectivity index (χ0n) is 12.7. The SMILES string of the molecule is Cc1n[nH]c(C)c1[C@@H]1COCCN1Cc1cc(F)ccc1Cl. The van der Waals surface area contributed by atoms with Crippen LogP contribution in [-0.4, -0.2) is 34.9 Å². The molecule has 4 nitrogen and oxygen atoms in total. The average Bonchev–Trinajstić information content (AvgIpc) is 2.83. The Bertz CT molecular complexity index is 654. The van der Waals surface area contributed by atoms with Gasteiger partial charge in [-0.25, -0.2) is 4.39 Å². The minimum Gasteiger partial charge on any atom is -0.378 e. The molecule has 0 radical (unpaired) electrons. The number of aromatic nitrogens is 2. The van der Waals surface area contributed by atoms with Crippen LogP contribution in [0.2, 0.25) is 5.02 Å². The van der Waals surface area contributed by atoms with Gasteiger partial charge in [0.25, 0.3) is 0 Å². The summed E-state index contributed by atoms with van der Waals surface area (Å²) in [6.07, 6.45) is 0. The highest BCUT2D eigenvalue weighted by molar-refractivity contribution is 6.31. The number of aromatic amines is 1. The van der Waals surface area contributed by atoms with Gasteiger partial charge in [0, 0.05) is 29.4 Å². The number of rotatable bonds is 3. The molecule has 0 bridgehead atoms. The monoisotopic (exact) mass is 323 g/mol. The molecule has 1 fully saturated rings. The van der Waals surface area contributed by atoms with Crippen LogP contribution in [0.3, 0.4) is 0 Å². The van der Waals surface area contributed by atoms with Gasteiger partial charge >= 0.3 is 0 Å². The Labute approximate surface area is 134 Å². The Kier molecular flexibility index (Phi) is 4.47. The molecule has 0 spiro atoms. The summed E-state index contributed by atoms with van der Waals surface area (Å²) >= 11 is 6.21. The van der Waals surface area contributed by atoms with Crippen molar-refractivity contribution in [1.29, 1.82) is 0 Å². The number of nitrogens with one attached hydrogen (secondary N) is 1. The maximum absolute atomic E-state index is 13.5. The number of benzene rings is 1. The van der Waals surface area contributed by atoms with E-state index in [1.165, 1.54) is 12.1 Å². The second kappa shape index (κ2) is 6.36. The molecule has 1 aliphatic rings. The summed E-state index contributed by atoms with van der Waals surface area (Å²) in [7, 11) is 0. The average molecular weight is 324 g/mol. The van der Waals surface area contributed by atoms with Crippen molar-refractivity contribution in [2.75, 3.05) is 19.8 Å². The third-order valence-electron chi connectivity index (χ3n) is 4.14. The minimum absolute atomic E-state index is 0.104. The summed E-state index contributed by atoms with van der Waals surface area (Å²) < 4.78 is 19.1. The zero-order valence-corrected chi connectivity index (χ0v) is 13.5. The molecular weight excluding hydrogens is 305 g/mol. The number of ether oxygens (including phenoxy) is 1. The lowest BCUT2D eigenvalue weighted by Crippen LogP contribution is -2.39. The van der Waals surface area contributed by atoms with Crippen LogP contribution >= 0.6 is 11.6 Å². The number of hydrogen-bond donors (Lipinski definition) is 1. The van der Waals surface area contributed by atoms with Crippen molar-refractivity contribution in [1.82, 2.24) is 15.1 Å². The van der Waals surface area contributed by atoms with E-state index in [1.54, 1.807) is 6.07 Å². The van der Waals surface area contributed by atoms with E-state index in [-0.39, 0.29) is 11.9 Å². The summed E-state index contributed by atoms with van der Waals surface area (Å²) in [5, 5.41) is 7.88. The number of aryl methyl sites for hydroxylation is 2. The molecule has 118 valence electrons. The lowest BCUT2D eigenvalue weighted by atomic mass is 10.0. The molecule has 1 saturated heterocycles. The zero-order chi connectivity index (χ0) is 15.7. The molecule has 0 saturated carbocycles. The molecule has 0 amide bonds. The molecule has 1 aliphatic heterocycles. The van der Waals surface area contributed by atoms with Crippen LogP contribution in [0.1, 0.15) is 28.6 Å². The summed E-state index contributed by atoms with van der Waals surface area (Å²) in [4.78, 5) is 2.27. The van der Waals surface area contributed by atoms with Crippen molar-refractivity contribution in [2.45, 2.75) is 26.4 Å². The fourth-order valence-electron chi connectivity index (χ4n) is 3.03. The summed E-state index contributed by atoms with van der Waals surface area (Å²) in [5.41, 5.74) is 3.98. The van der Waals surface area contributed by atoms with E-state index in [0.29, 0.717) is 24.8 Å². The number of morpholine rings is 1. The van der Waals surface area contributed by atoms with Gasteiger partial charge in [-0.15, -0.1) is 0 Å². The largest absolute Gasteiger partial charge is 0.378 e. The van der Waals surface area contributed by atoms with E-state index >= 15 is 0 Å². The molecule has 22 heavy (non-hydrogen) atoms. The minimum atomic E-state index is -0.264. The van der Waals surface area contributed by atoms with E-state index in [0.717, 1.165) is 29.1 Å². The van der Waals surface area contributed by atoms with Crippen molar-refractivity contribution in [2.24, 2.45) is 0 Å². The first-order valence-corrected chi connectivity index (χ1v) is 7.71. The Morgan fingerprint density at radius 1 is 1.45 bits per heavy atom. The van der Waals surface area contributed by atoms with Gasteiger partial charge in [0.05, 0.1) is 24.9 Å². The summed E-state index contributed by atoms with van der Waals surface area (Å²) in [6, 6.07) is 4.60. The normalized spacial score (nSPS) is 19.5. The van der Waals surface area contributed by atoms with E-state index in [1.807, 2.05) is 13.8 Å². The summed E-state index contributed by atoms with van der Waals surface area (Å²) in [5.74, 6) is -0.264. The Morgan fingerprint density at radius 2 is 2.27 bits per heavy atom. The molecule has 1 aromatic heterocycles. The lowest BCUT2D eigenvalue weighted by Gasteiger charge is -2.36. The van der Waals surface area contributed by atoms with Crippen molar-refractivity contribution in [3.63, 3.8) is 0 Å². The second-order valence-electron chi connectivity index (χ2n) is 5.64. The fraction of sp³-hybridized carbons (Fsp3) is 0.438. The lowest BCUT2D eigenvalue weighted by molar-refractivity contribution is -0.0131. The predicted molar refractivity (Wildman–Crippen MR) is 83.4 cm³/mol. The maximum Gasteiger partial charge on any atom is 0.123 e. The van der Waals surface area contributed by atoms with E-state index in [9.17, 15) is 4.39 Å². The van der Waals surface area contributed by atoms with Crippen LogP contribution in [0, 0.1) is 19.7 Å². The first kappa shape index (κ1) is 15.5. The fourth-order valence-corrected chi connectivity index (χ4v) is 3.20. The molecule has 1 N–H and O–H groups in total. The molecule has 0 aliphatic carbocycles. The van der Waals surface area contributed by atoms with Gasteiger partial charge in [-0.1, -0.05) is 11.6 Å². The maximum atomic E-state index is 13.5. The van der Waals surface area contributed by atoms with E-state index < -0.39 is 0 Å². The van der Waals surface area contributed by atoms with Crippen LogP contribution in [0.25, 0.3) is 0 Å². The van der Waals surface area contributed by atoms with Crippen LogP contribution in [0.5, 0.6) is 0 Å². The van der Waals surface area contributed by atoms with Crippen LogP contribution in [0.15, 0.2) is 18.2 Å². The molecule has 2 aromatic rings. The van der Waals surface area contributed by atoms with Crippen LogP contribution < -0.4 is 0 Å². The quantitative estimate of drug-likeness (QED) is 0.941.